The Morgan fingerprint density at radius 3 is 2.50 bits per heavy atom. The Morgan fingerprint density at radius 2 is 2.00 bits per heavy atom. The number of rotatable bonds is 6. The molecule has 1 rings (SSSR count). The van der Waals surface area contributed by atoms with Crippen molar-refractivity contribution in [3.8, 4) is 5.75 Å². The lowest BCUT2D eigenvalue weighted by molar-refractivity contribution is -0.160. The van der Waals surface area contributed by atoms with Crippen LogP contribution in [0.4, 0.5) is 17.6 Å². The van der Waals surface area contributed by atoms with Crippen LogP contribution >= 0.6 is 15.9 Å². The summed E-state index contributed by atoms with van der Waals surface area (Å²) in [4.78, 5) is 22.1. The van der Waals surface area contributed by atoms with E-state index in [0.717, 1.165) is 6.07 Å². The molecule has 1 unspecified atom stereocenters. The molecule has 0 fully saturated rings. The predicted molar refractivity (Wildman–Crippen MR) is 69.8 cm³/mol. The van der Waals surface area contributed by atoms with Gasteiger partial charge in [-0.3, -0.25) is 4.79 Å². The van der Waals surface area contributed by atoms with Crippen LogP contribution < -0.4 is 10.1 Å². The van der Waals surface area contributed by atoms with Crippen LogP contribution in [-0.4, -0.2) is 35.8 Å². The summed E-state index contributed by atoms with van der Waals surface area (Å²) in [5.41, 5.74) is 0. The highest BCUT2D eigenvalue weighted by atomic mass is 79.9. The van der Waals surface area contributed by atoms with E-state index >= 15 is 0 Å². The Balaban J connectivity index is 2.59. The molecule has 1 aromatic rings. The Bertz CT molecular complexity index is 565. The Labute approximate surface area is 130 Å². The lowest BCUT2D eigenvalue weighted by Gasteiger charge is -2.16. The maximum absolute atomic E-state index is 13.4. The molecule has 122 valence electrons. The first-order valence-corrected chi connectivity index (χ1v) is 6.54. The van der Waals surface area contributed by atoms with Gasteiger partial charge >= 0.3 is 12.1 Å². The summed E-state index contributed by atoms with van der Waals surface area (Å²) in [6.45, 7) is -0.819. The molecule has 0 saturated carbocycles. The van der Waals surface area contributed by atoms with E-state index in [2.05, 4.69) is 15.9 Å². The summed E-state index contributed by atoms with van der Waals surface area (Å²) in [7, 11) is 0. The molecule has 0 spiro atoms. The molecule has 0 bridgehead atoms. The molecule has 22 heavy (non-hydrogen) atoms. The number of amides is 1. The number of halogens is 5. The Hall–Kier alpha value is -1.84. The number of hydrogen-bond donors (Lipinski definition) is 2. The van der Waals surface area contributed by atoms with Crippen molar-refractivity contribution in [3.63, 3.8) is 0 Å². The fourth-order valence-corrected chi connectivity index (χ4v) is 1.74. The second-order valence-electron chi connectivity index (χ2n) is 4.14. The third-order valence-electron chi connectivity index (χ3n) is 2.32. The summed E-state index contributed by atoms with van der Waals surface area (Å²) in [6, 6.07) is 1.57. The zero-order valence-corrected chi connectivity index (χ0v) is 12.4. The zero-order valence-electron chi connectivity index (χ0n) is 10.8. The van der Waals surface area contributed by atoms with Crippen molar-refractivity contribution in [1.82, 2.24) is 5.32 Å². The monoisotopic (exact) mass is 387 g/mol. The van der Waals surface area contributed by atoms with Gasteiger partial charge in [0.25, 0.3) is 5.91 Å². The number of carbonyl (C=O) groups excluding carboxylic acids is 1. The van der Waals surface area contributed by atoms with Crippen molar-refractivity contribution < 1.29 is 37.0 Å². The SMILES string of the molecule is O=C(COc1ccc(Br)cc1F)NC(CC(F)(F)F)C(=O)O. The number of hydrogen-bond acceptors (Lipinski definition) is 3. The number of benzene rings is 1. The van der Waals surface area contributed by atoms with Gasteiger partial charge in [0.2, 0.25) is 0 Å². The van der Waals surface area contributed by atoms with Crippen LogP contribution in [-0.2, 0) is 9.59 Å². The number of ether oxygens (including phenoxy) is 1. The maximum atomic E-state index is 13.4. The molecule has 2 N–H and O–H groups in total. The molecule has 0 aromatic heterocycles. The topological polar surface area (TPSA) is 75.6 Å². The highest BCUT2D eigenvalue weighted by Gasteiger charge is 2.36. The fraction of sp³-hybridized carbons (Fsp3) is 0.333. The van der Waals surface area contributed by atoms with E-state index in [1.54, 1.807) is 5.32 Å². The molecule has 1 atom stereocenters. The summed E-state index contributed by atoms with van der Waals surface area (Å²) in [5, 5.41) is 10.3. The minimum absolute atomic E-state index is 0.291. The molecular weight excluding hydrogens is 378 g/mol. The molecule has 0 aliphatic rings. The van der Waals surface area contributed by atoms with Gasteiger partial charge in [-0.05, 0) is 18.2 Å². The van der Waals surface area contributed by atoms with E-state index in [1.807, 2.05) is 0 Å². The standard InChI is InChI=1S/C12H10BrF4NO4/c13-6-1-2-9(7(14)3-6)22-5-10(19)18-8(11(20)21)4-12(15,16)17/h1-3,8H,4-5H2,(H,18,19)(H,20,21). The number of carbonyl (C=O) groups is 2. The van der Waals surface area contributed by atoms with Crippen LogP contribution in [0.15, 0.2) is 22.7 Å². The predicted octanol–water partition coefficient (Wildman–Crippen LogP) is 2.49. The number of carboxylic acid groups (broad SMARTS) is 1. The molecule has 5 nitrogen and oxygen atoms in total. The van der Waals surface area contributed by atoms with Gasteiger partial charge in [-0.15, -0.1) is 0 Å². The van der Waals surface area contributed by atoms with Crippen molar-refractivity contribution in [2.75, 3.05) is 6.61 Å². The van der Waals surface area contributed by atoms with Gasteiger partial charge in [0.05, 0.1) is 6.42 Å². The summed E-state index contributed by atoms with van der Waals surface area (Å²) >= 11 is 3.01. The first-order valence-electron chi connectivity index (χ1n) is 5.75. The molecular formula is C12H10BrF4NO4. The van der Waals surface area contributed by atoms with Gasteiger partial charge < -0.3 is 15.2 Å². The van der Waals surface area contributed by atoms with Crippen molar-refractivity contribution in [2.45, 2.75) is 18.6 Å². The molecule has 0 heterocycles. The van der Waals surface area contributed by atoms with Crippen molar-refractivity contribution in [1.29, 1.82) is 0 Å². The Kier molecular flexibility index (Phi) is 6.15. The van der Waals surface area contributed by atoms with E-state index in [4.69, 9.17) is 9.84 Å². The van der Waals surface area contributed by atoms with Gasteiger partial charge in [0.1, 0.15) is 6.04 Å². The van der Waals surface area contributed by atoms with Gasteiger partial charge in [0.15, 0.2) is 18.2 Å². The average Bonchev–Trinajstić information content (AvgIpc) is 2.35. The molecule has 0 saturated heterocycles. The lowest BCUT2D eigenvalue weighted by atomic mass is 10.2. The number of carboxylic acids is 1. The minimum Gasteiger partial charge on any atom is -0.481 e. The zero-order chi connectivity index (χ0) is 16.9. The largest absolute Gasteiger partial charge is 0.481 e. The molecule has 0 aliphatic carbocycles. The third kappa shape index (κ3) is 6.29. The summed E-state index contributed by atoms with van der Waals surface area (Å²) in [6.07, 6.45) is -6.48. The number of aliphatic carboxylic acids is 1. The van der Waals surface area contributed by atoms with Crippen LogP contribution in [0, 0.1) is 5.82 Å². The molecule has 0 radical (unpaired) electrons. The van der Waals surface area contributed by atoms with Crippen molar-refractivity contribution >= 4 is 27.8 Å². The van der Waals surface area contributed by atoms with Gasteiger partial charge in [-0.1, -0.05) is 15.9 Å². The van der Waals surface area contributed by atoms with Gasteiger partial charge in [-0.25, -0.2) is 9.18 Å². The van der Waals surface area contributed by atoms with E-state index in [9.17, 15) is 27.2 Å². The smallest absolute Gasteiger partial charge is 0.391 e. The summed E-state index contributed by atoms with van der Waals surface area (Å²) in [5.74, 6) is -4.02. The number of nitrogens with one attached hydrogen (secondary N) is 1. The first-order chi connectivity index (χ1) is 10.1. The van der Waals surface area contributed by atoms with Crippen LogP contribution in [0.5, 0.6) is 5.75 Å². The normalized spacial score (nSPS) is 12.6. The maximum Gasteiger partial charge on any atom is 0.391 e. The quantitative estimate of drug-likeness (QED) is 0.735. The third-order valence-corrected chi connectivity index (χ3v) is 2.81. The van der Waals surface area contributed by atoms with E-state index in [-0.39, 0.29) is 5.75 Å². The molecule has 10 heteroatoms. The van der Waals surface area contributed by atoms with Crippen LogP contribution in [0.1, 0.15) is 6.42 Å². The Morgan fingerprint density at radius 1 is 1.36 bits per heavy atom. The fourth-order valence-electron chi connectivity index (χ4n) is 1.40. The van der Waals surface area contributed by atoms with Crippen molar-refractivity contribution in [2.24, 2.45) is 0 Å². The number of alkyl halides is 3. The van der Waals surface area contributed by atoms with Crippen LogP contribution in [0.25, 0.3) is 0 Å². The second kappa shape index (κ2) is 7.43. The average molecular weight is 388 g/mol. The van der Waals surface area contributed by atoms with Gasteiger partial charge in [-0.2, -0.15) is 13.2 Å². The second-order valence-corrected chi connectivity index (χ2v) is 5.06. The highest BCUT2D eigenvalue weighted by Crippen LogP contribution is 2.22. The van der Waals surface area contributed by atoms with E-state index < -0.39 is 42.9 Å². The first kappa shape index (κ1) is 18.2. The van der Waals surface area contributed by atoms with E-state index in [1.165, 1.54) is 12.1 Å². The summed E-state index contributed by atoms with van der Waals surface area (Å²) < 4.78 is 55.1. The lowest BCUT2D eigenvalue weighted by Crippen LogP contribution is -2.45. The van der Waals surface area contributed by atoms with Gasteiger partial charge in [0, 0.05) is 4.47 Å². The van der Waals surface area contributed by atoms with Crippen molar-refractivity contribution in [3.05, 3.63) is 28.5 Å². The highest BCUT2D eigenvalue weighted by molar-refractivity contribution is 9.10. The molecule has 1 amide bonds. The van der Waals surface area contributed by atoms with E-state index in [0.29, 0.717) is 4.47 Å². The molecule has 1 aromatic carbocycles. The molecule has 0 aliphatic heterocycles. The van der Waals surface area contributed by atoms with Crippen LogP contribution in [0.3, 0.4) is 0 Å². The minimum atomic E-state index is -4.75. The van der Waals surface area contributed by atoms with Crippen LogP contribution in [0.2, 0.25) is 0 Å².